The number of thiophene rings is 1. The molecule has 1 aromatic heterocycles. The average molecular weight is 412 g/mol. The summed E-state index contributed by atoms with van der Waals surface area (Å²) in [5.74, 6) is 1.08. The number of fused-ring (bicyclic) bond motifs is 1. The van der Waals surface area contributed by atoms with Gasteiger partial charge >= 0.3 is 0 Å². The zero-order valence-electron chi connectivity index (χ0n) is 17.1. The van der Waals surface area contributed by atoms with E-state index in [0.717, 1.165) is 41.9 Å². The van der Waals surface area contributed by atoms with Gasteiger partial charge in [0.1, 0.15) is 5.75 Å². The van der Waals surface area contributed by atoms with Crippen LogP contribution in [-0.4, -0.2) is 36.8 Å². The van der Waals surface area contributed by atoms with Crippen LogP contribution >= 0.6 is 11.3 Å². The molecule has 0 saturated carbocycles. The van der Waals surface area contributed by atoms with Crippen LogP contribution in [0, 0.1) is 5.92 Å². The van der Waals surface area contributed by atoms with Crippen molar-refractivity contribution in [3.05, 3.63) is 51.2 Å². The molecular weight excluding hydrogens is 382 g/mol. The van der Waals surface area contributed by atoms with Gasteiger partial charge < -0.3 is 9.64 Å². The van der Waals surface area contributed by atoms with Gasteiger partial charge in [-0.05, 0) is 74.4 Å². The molecule has 4 nitrogen and oxygen atoms in total. The summed E-state index contributed by atoms with van der Waals surface area (Å²) in [5, 5.41) is 0. The topological polar surface area (TPSA) is 46.6 Å². The Hall–Kier alpha value is -2.14. The molecule has 154 valence electrons. The highest BCUT2D eigenvalue weighted by molar-refractivity contribution is 7.14. The third kappa shape index (κ3) is 4.55. The molecule has 4 rings (SSSR count). The van der Waals surface area contributed by atoms with Crippen molar-refractivity contribution in [2.24, 2.45) is 5.92 Å². The SMILES string of the molecule is COc1ccc(C(=O)C2CCN(C(=O)c3cc4c(s3)CCCCCC4)CC2)cc1. The Bertz CT molecular complexity index is 837. The van der Waals surface area contributed by atoms with Crippen LogP contribution in [-0.2, 0) is 12.8 Å². The molecule has 1 fully saturated rings. The third-order valence-corrected chi connectivity index (χ3v) is 7.46. The lowest BCUT2D eigenvalue weighted by Crippen LogP contribution is -2.40. The number of amides is 1. The van der Waals surface area contributed by atoms with Gasteiger partial charge in [0.05, 0.1) is 12.0 Å². The Morgan fingerprint density at radius 1 is 1.00 bits per heavy atom. The highest BCUT2D eigenvalue weighted by Gasteiger charge is 2.29. The molecule has 5 heteroatoms. The van der Waals surface area contributed by atoms with Crippen LogP contribution in [0.1, 0.15) is 69.0 Å². The van der Waals surface area contributed by atoms with E-state index in [2.05, 4.69) is 6.07 Å². The minimum Gasteiger partial charge on any atom is -0.497 e. The van der Waals surface area contributed by atoms with E-state index in [9.17, 15) is 9.59 Å². The van der Waals surface area contributed by atoms with E-state index >= 15 is 0 Å². The van der Waals surface area contributed by atoms with E-state index in [1.807, 2.05) is 29.2 Å². The number of methoxy groups -OCH3 is 1. The molecule has 2 heterocycles. The largest absolute Gasteiger partial charge is 0.497 e. The van der Waals surface area contributed by atoms with Crippen LogP contribution in [0.2, 0.25) is 0 Å². The van der Waals surface area contributed by atoms with Gasteiger partial charge in [-0.15, -0.1) is 11.3 Å². The molecule has 29 heavy (non-hydrogen) atoms. The lowest BCUT2D eigenvalue weighted by molar-refractivity contribution is 0.0654. The maximum atomic E-state index is 13.0. The van der Waals surface area contributed by atoms with Gasteiger partial charge in [-0.1, -0.05) is 12.8 Å². The molecule has 0 unspecified atom stereocenters. The molecule has 0 radical (unpaired) electrons. The summed E-state index contributed by atoms with van der Waals surface area (Å²) < 4.78 is 5.17. The number of nitrogens with zero attached hydrogens (tertiary/aromatic N) is 1. The Labute approximate surface area is 176 Å². The summed E-state index contributed by atoms with van der Waals surface area (Å²) in [4.78, 5) is 30.1. The van der Waals surface area contributed by atoms with E-state index in [4.69, 9.17) is 4.74 Å². The van der Waals surface area contributed by atoms with E-state index in [1.54, 1.807) is 18.4 Å². The number of ketones is 1. The summed E-state index contributed by atoms with van der Waals surface area (Å²) >= 11 is 1.70. The number of piperidine rings is 1. The maximum Gasteiger partial charge on any atom is 0.263 e. The third-order valence-electron chi connectivity index (χ3n) is 6.23. The lowest BCUT2D eigenvalue weighted by atomic mass is 9.89. The molecular formula is C24H29NO3S. The quantitative estimate of drug-likeness (QED) is 0.654. The van der Waals surface area contributed by atoms with Crippen LogP contribution in [0.3, 0.4) is 0 Å². The minimum absolute atomic E-state index is 0.00369. The standard InChI is InChI=1S/C24H29NO3S/c1-28-20-10-8-17(9-11-20)23(26)18-12-14-25(15-13-18)24(27)22-16-19-6-4-2-3-5-7-21(19)29-22/h8-11,16,18H,2-7,12-15H2,1H3. The Kier molecular flexibility index (Phi) is 6.34. The number of carbonyl (C=O) groups is 2. The summed E-state index contributed by atoms with van der Waals surface area (Å²) in [6.45, 7) is 1.32. The second kappa shape index (κ2) is 9.12. The molecule has 1 aromatic carbocycles. The van der Waals surface area contributed by atoms with E-state index in [1.165, 1.54) is 36.1 Å². The minimum atomic E-state index is -0.00369. The van der Waals surface area contributed by atoms with Gasteiger partial charge in [-0.25, -0.2) is 0 Å². The van der Waals surface area contributed by atoms with Gasteiger partial charge in [-0.3, -0.25) is 9.59 Å². The molecule has 1 aliphatic carbocycles. The predicted octanol–water partition coefficient (Wildman–Crippen LogP) is 5.15. The Morgan fingerprint density at radius 2 is 1.69 bits per heavy atom. The fraction of sp³-hybridized carbons (Fsp3) is 0.500. The molecule has 1 amide bonds. The van der Waals surface area contributed by atoms with E-state index in [-0.39, 0.29) is 17.6 Å². The highest BCUT2D eigenvalue weighted by Crippen LogP contribution is 2.31. The monoisotopic (exact) mass is 411 g/mol. The number of ether oxygens (including phenoxy) is 1. The molecule has 2 aliphatic rings. The fourth-order valence-electron chi connectivity index (χ4n) is 4.44. The van der Waals surface area contributed by atoms with Crippen molar-refractivity contribution >= 4 is 23.0 Å². The van der Waals surface area contributed by atoms with Gasteiger partial charge in [0, 0.05) is 29.4 Å². The van der Waals surface area contributed by atoms with Crippen molar-refractivity contribution < 1.29 is 14.3 Å². The van der Waals surface area contributed by atoms with Crippen molar-refractivity contribution in [2.45, 2.75) is 51.4 Å². The number of carbonyl (C=O) groups excluding carboxylic acids is 2. The first-order valence-corrected chi connectivity index (χ1v) is 11.6. The number of hydrogen-bond donors (Lipinski definition) is 0. The first kappa shape index (κ1) is 20.1. The normalized spacial score (nSPS) is 17.9. The number of hydrogen-bond acceptors (Lipinski definition) is 4. The van der Waals surface area contributed by atoms with Gasteiger partial charge in [0.2, 0.25) is 0 Å². The molecule has 0 atom stereocenters. The zero-order valence-corrected chi connectivity index (χ0v) is 17.9. The summed E-state index contributed by atoms with van der Waals surface area (Å²) in [5.41, 5.74) is 2.12. The second-order valence-electron chi connectivity index (χ2n) is 8.13. The number of benzene rings is 1. The number of rotatable bonds is 4. The number of likely N-dealkylation sites (tertiary alicyclic amines) is 1. The predicted molar refractivity (Wildman–Crippen MR) is 116 cm³/mol. The second-order valence-corrected chi connectivity index (χ2v) is 9.27. The average Bonchev–Trinajstić information content (AvgIpc) is 3.14. The number of Topliss-reactive ketones (excluding diaryl/α,β-unsaturated/α-hetero) is 1. The molecule has 2 aromatic rings. The number of aryl methyl sites for hydroxylation is 2. The molecule has 0 N–H and O–H groups in total. The van der Waals surface area contributed by atoms with Crippen LogP contribution in [0.4, 0.5) is 0 Å². The van der Waals surface area contributed by atoms with Crippen LogP contribution in [0.25, 0.3) is 0 Å². The van der Waals surface area contributed by atoms with Crippen molar-refractivity contribution in [2.75, 3.05) is 20.2 Å². The summed E-state index contributed by atoms with van der Waals surface area (Å²) in [7, 11) is 1.62. The van der Waals surface area contributed by atoms with E-state index in [0.29, 0.717) is 13.1 Å². The Morgan fingerprint density at radius 3 is 2.38 bits per heavy atom. The van der Waals surface area contributed by atoms with Crippen molar-refractivity contribution in [1.82, 2.24) is 4.90 Å². The van der Waals surface area contributed by atoms with Crippen LogP contribution < -0.4 is 4.74 Å². The zero-order chi connectivity index (χ0) is 20.2. The van der Waals surface area contributed by atoms with Gasteiger partial charge in [0.25, 0.3) is 5.91 Å². The van der Waals surface area contributed by atoms with Crippen LogP contribution in [0.15, 0.2) is 30.3 Å². The summed E-state index contributed by atoms with van der Waals surface area (Å²) in [6.07, 6.45) is 8.77. The maximum absolute atomic E-state index is 13.0. The van der Waals surface area contributed by atoms with Crippen LogP contribution in [0.5, 0.6) is 5.75 Å². The molecule has 0 spiro atoms. The molecule has 0 bridgehead atoms. The lowest BCUT2D eigenvalue weighted by Gasteiger charge is -2.31. The first-order valence-electron chi connectivity index (χ1n) is 10.7. The van der Waals surface area contributed by atoms with Gasteiger partial charge in [0.15, 0.2) is 5.78 Å². The Balaban J connectivity index is 1.37. The smallest absolute Gasteiger partial charge is 0.263 e. The fourth-order valence-corrected chi connectivity index (χ4v) is 5.66. The summed E-state index contributed by atoms with van der Waals surface area (Å²) in [6, 6.07) is 9.46. The van der Waals surface area contributed by atoms with Crippen molar-refractivity contribution in [3.8, 4) is 5.75 Å². The molecule has 1 saturated heterocycles. The van der Waals surface area contributed by atoms with Gasteiger partial charge in [-0.2, -0.15) is 0 Å². The first-order chi connectivity index (χ1) is 14.2. The van der Waals surface area contributed by atoms with Crippen molar-refractivity contribution in [1.29, 1.82) is 0 Å². The molecule has 1 aliphatic heterocycles. The highest BCUT2D eigenvalue weighted by atomic mass is 32.1. The van der Waals surface area contributed by atoms with E-state index < -0.39 is 0 Å². The van der Waals surface area contributed by atoms with Crippen molar-refractivity contribution in [3.63, 3.8) is 0 Å².